The van der Waals surface area contributed by atoms with E-state index in [0.717, 1.165) is 22.3 Å². The van der Waals surface area contributed by atoms with Crippen molar-refractivity contribution in [2.45, 2.75) is 20.1 Å². The normalized spacial score (nSPS) is 10.7. The summed E-state index contributed by atoms with van der Waals surface area (Å²) in [6.07, 6.45) is 3.41. The first-order valence-corrected chi connectivity index (χ1v) is 10.7. The molecule has 7 nitrogen and oxygen atoms in total. The van der Waals surface area contributed by atoms with Crippen molar-refractivity contribution in [3.63, 3.8) is 0 Å². The molecule has 164 valence electrons. The van der Waals surface area contributed by atoms with Gasteiger partial charge in [0, 0.05) is 18.0 Å². The Kier molecular flexibility index (Phi) is 6.72. The number of aryl methyl sites for hydroxylation is 1. The molecule has 0 amide bonds. The Hall–Kier alpha value is -3.36. The Morgan fingerprint density at radius 3 is 2.69 bits per heavy atom. The van der Waals surface area contributed by atoms with Crippen molar-refractivity contribution in [2.75, 3.05) is 12.5 Å². The molecule has 0 aliphatic heterocycles. The van der Waals surface area contributed by atoms with E-state index in [1.165, 1.54) is 0 Å². The number of rotatable bonds is 8. The second kappa shape index (κ2) is 9.84. The van der Waals surface area contributed by atoms with Crippen LogP contribution in [-0.2, 0) is 13.2 Å². The highest BCUT2D eigenvalue weighted by Crippen LogP contribution is 2.37. The van der Waals surface area contributed by atoms with Crippen molar-refractivity contribution >= 4 is 23.8 Å². The summed E-state index contributed by atoms with van der Waals surface area (Å²) < 4.78 is 13.7. The standard InChI is InChI=1S/C23H22ClN5O2S/c1-15-5-3-4-6-18(15)14-31-21-19(24)11-16(12-20(21)30-2)13-26-29-22(27-28-23(29)32)17-7-9-25-10-8-17/h3-12,26H,13-14H2,1-2H3,(H,28,32). The van der Waals surface area contributed by atoms with Crippen LogP contribution in [0.3, 0.4) is 0 Å². The van der Waals surface area contributed by atoms with Crippen LogP contribution in [0.25, 0.3) is 11.4 Å². The van der Waals surface area contributed by atoms with Crippen LogP contribution in [0.4, 0.5) is 0 Å². The molecular formula is C23H22ClN5O2S. The van der Waals surface area contributed by atoms with E-state index in [1.54, 1.807) is 24.2 Å². The van der Waals surface area contributed by atoms with Crippen molar-refractivity contribution in [2.24, 2.45) is 0 Å². The highest BCUT2D eigenvalue weighted by molar-refractivity contribution is 7.71. The van der Waals surface area contributed by atoms with Gasteiger partial charge in [0.05, 0.1) is 18.7 Å². The number of hydrogen-bond donors (Lipinski definition) is 2. The fourth-order valence-electron chi connectivity index (χ4n) is 3.25. The van der Waals surface area contributed by atoms with Gasteiger partial charge in [0.1, 0.15) is 6.61 Å². The molecule has 32 heavy (non-hydrogen) atoms. The molecule has 0 fully saturated rings. The number of H-pyrrole nitrogens is 1. The lowest BCUT2D eigenvalue weighted by molar-refractivity contribution is 0.284. The average Bonchev–Trinajstić information content (AvgIpc) is 3.18. The molecule has 0 saturated carbocycles. The number of methoxy groups -OCH3 is 1. The summed E-state index contributed by atoms with van der Waals surface area (Å²) in [5.74, 6) is 1.74. The molecule has 2 aromatic heterocycles. The van der Waals surface area contributed by atoms with E-state index in [4.69, 9.17) is 33.3 Å². The third-order valence-electron chi connectivity index (χ3n) is 4.97. The number of nitrogens with one attached hydrogen (secondary N) is 2. The van der Waals surface area contributed by atoms with E-state index < -0.39 is 0 Å². The molecule has 4 rings (SSSR count). The molecule has 0 atom stereocenters. The van der Waals surface area contributed by atoms with Crippen LogP contribution >= 0.6 is 23.8 Å². The molecule has 0 aliphatic rings. The SMILES string of the molecule is COc1cc(CNn2c(-c3ccncc3)n[nH]c2=S)cc(Cl)c1OCc1ccccc1C. The van der Waals surface area contributed by atoms with E-state index in [1.807, 2.05) is 55.5 Å². The minimum Gasteiger partial charge on any atom is -0.493 e. The number of pyridine rings is 1. The number of ether oxygens (including phenoxy) is 2. The van der Waals surface area contributed by atoms with Crippen LogP contribution in [-0.4, -0.2) is 27.0 Å². The number of benzene rings is 2. The van der Waals surface area contributed by atoms with Crippen molar-refractivity contribution < 1.29 is 9.47 Å². The van der Waals surface area contributed by atoms with Crippen molar-refractivity contribution in [3.8, 4) is 22.9 Å². The Morgan fingerprint density at radius 1 is 1.16 bits per heavy atom. The Bertz CT molecular complexity index is 1270. The molecule has 0 bridgehead atoms. The highest BCUT2D eigenvalue weighted by atomic mass is 35.5. The first-order chi connectivity index (χ1) is 15.6. The fraction of sp³-hybridized carbons (Fsp3) is 0.174. The van der Waals surface area contributed by atoms with Crippen molar-refractivity contribution in [1.82, 2.24) is 19.9 Å². The van der Waals surface area contributed by atoms with E-state index in [-0.39, 0.29) is 0 Å². The molecule has 9 heteroatoms. The van der Waals surface area contributed by atoms with Gasteiger partial charge in [-0.2, -0.15) is 5.10 Å². The predicted octanol–water partition coefficient (Wildman–Crippen LogP) is 5.30. The average molecular weight is 468 g/mol. The zero-order chi connectivity index (χ0) is 22.5. The number of halogens is 1. The molecule has 2 aromatic carbocycles. The summed E-state index contributed by atoms with van der Waals surface area (Å²) in [4.78, 5) is 4.04. The zero-order valence-corrected chi connectivity index (χ0v) is 19.2. The predicted molar refractivity (Wildman–Crippen MR) is 127 cm³/mol. The smallest absolute Gasteiger partial charge is 0.214 e. The largest absolute Gasteiger partial charge is 0.493 e. The van der Waals surface area contributed by atoms with E-state index in [0.29, 0.717) is 40.3 Å². The number of hydrogen-bond acceptors (Lipinski definition) is 6. The number of aromatic nitrogens is 4. The van der Waals surface area contributed by atoms with Gasteiger partial charge in [-0.15, -0.1) is 0 Å². The zero-order valence-electron chi connectivity index (χ0n) is 17.6. The third-order valence-corrected chi connectivity index (χ3v) is 5.53. The summed E-state index contributed by atoms with van der Waals surface area (Å²) in [6, 6.07) is 15.5. The van der Waals surface area contributed by atoms with Gasteiger partial charge in [0.2, 0.25) is 4.77 Å². The molecule has 0 saturated heterocycles. The van der Waals surface area contributed by atoms with Gasteiger partial charge in [-0.1, -0.05) is 35.9 Å². The van der Waals surface area contributed by atoms with Gasteiger partial charge >= 0.3 is 0 Å². The third kappa shape index (κ3) is 4.76. The maximum absolute atomic E-state index is 6.55. The minimum absolute atomic E-state index is 0.403. The molecule has 0 spiro atoms. The van der Waals surface area contributed by atoms with Gasteiger partial charge in [-0.25, -0.2) is 9.77 Å². The van der Waals surface area contributed by atoms with Crippen LogP contribution < -0.4 is 14.9 Å². The van der Waals surface area contributed by atoms with Crippen molar-refractivity contribution in [3.05, 3.63) is 87.4 Å². The number of aromatic amines is 1. The fourth-order valence-corrected chi connectivity index (χ4v) is 3.73. The highest BCUT2D eigenvalue weighted by Gasteiger charge is 2.14. The molecule has 0 unspecified atom stereocenters. The Balaban J connectivity index is 1.52. The molecule has 2 heterocycles. The lowest BCUT2D eigenvalue weighted by Crippen LogP contribution is -2.16. The van der Waals surface area contributed by atoms with E-state index >= 15 is 0 Å². The maximum atomic E-state index is 6.55. The summed E-state index contributed by atoms with van der Waals surface area (Å²) in [7, 11) is 1.59. The van der Waals surface area contributed by atoms with Gasteiger partial charge in [0.25, 0.3) is 0 Å². The molecule has 4 aromatic rings. The van der Waals surface area contributed by atoms with Gasteiger partial charge in [-0.05, 0) is 60.1 Å². The molecule has 2 N–H and O–H groups in total. The molecular weight excluding hydrogens is 446 g/mol. The second-order valence-electron chi connectivity index (χ2n) is 7.08. The van der Waals surface area contributed by atoms with Crippen LogP contribution in [0, 0.1) is 11.7 Å². The lowest BCUT2D eigenvalue weighted by atomic mass is 10.1. The first-order valence-electron chi connectivity index (χ1n) is 9.92. The van der Waals surface area contributed by atoms with Crippen LogP contribution in [0.2, 0.25) is 5.02 Å². The number of nitrogens with zero attached hydrogens (tertiary/aromatic N) is 3. The summed E-state index contributed by atoms with van der Waals surface area (Å²) >= 11 is 11.9. The summed E-state index contributed by atoms with van der Waals surface area (Å²) in [5, 5.41) is 7.59. The topological polar surface area (TPSA) is 77.0 Å². The first kappa shape index (κ1) is 21.9. The van der Waals surface area contributed by atoms with Gasteiger partial charge in [-0.3, -0.25) is 4.98 Å². The Morgan fingerprint density at radius 2 is 1.94 bits per heavy atom. The molecule has 0 radical (unpaired) electrons. The van der Waals surface area contributed by atoms with E-state index in [2.05, 4.69) is 20.6 Å². The monoisotopic (exact) mass is 467 g/mol. The van der Waals surface area contributed by atoms with Crippen LogP contribution in [0.1, 0.15) is 16.7 Å². The summed E-state index contributed by atoms with van der Waals surface area (Å²) in [6.45, 7) is 2.90. The second-order valence-corrected chi connectivity index (χ2v) is 7.88. The summed E-state index contributed by atoms with van der Waals surface area (Å²) in [5.41, 5.74) is 7.32. The Labute approximate surface area is 196 Å². The van der Waals surface area contributed by atoms with Gasteiger partial charge in [0.15, 0.2) is 17.3 Å². The van der Waals surface area contributed by atoms with Gasteiger partial charge < -0.3 is 14.9 Å². The van der Waals surface area contributed by atoms with Crippen LogP contribution in [0.5, 0.6) is 11.5 Å². The van der Waals surface area contributed by atoms with Crippen molar-refractivity contribution in [1.29, 1.82) is 0 Å². The quantitative estimate of drug-likeness (QED) is 0.342. The minimum atomic E-state index is 0.403. The van der Waals surface area contributed by atoms with Crippen LogP contribution in [0.15, 0.2) is 60.9 Å². The molecule has 0 aliphatic carbocycles. The lowest BCUT2D eigenvalue weighted by Gasteiger charge is -2.16. The maximum Gasteiger partial charge on any atom is 0.214 e. The van der Waals surface area contributed by atoms with E-state index in [9.17, 15) is 0 Å².